The van der Waals surface area contributed by atoms with E-state index >= 15 is 0 Å². The Morgan fingerprint density at radius 2 is 2.09 bits per heavy atom. The van der Waals surface area contributed by atoms with Crippen molar-refractivity contribution < 1.29 is 31.9 Å². The normalized spacial score (nSPS) is 24.0. The van der Waals surface area contributed by atoms with Crippen molar-refractivity contribution in [3.05, 3.63) is 35.1 Å². The molecule has 2 atom stereocenters. The predicted octanol–water partition coefficient (Wildman–Crippen LogP) is 1.23. The second kappa shape index (κ2) is 5.48. The standard InChI is InChI=1S/C14H12F4N2O3/c15-8-2-1-7-5-10-11(23-13(22)14(16,17)18)19-3-4-20(10)12(21)9(7)6-8/h1-2,6,10-11,19H,3-5H2/t10-,11?/m1/s1. The van der Waals surface area contributed by atoms with Gasteiger partial charge in [0.1, 0.15) is 5.82 Å². The van der Waals surface area contributed by atoms with Gasteiger partial charge in [-0.15, -0.1) is 0 Å². The molecule has 9 heteroatoms. The van der Waals surface area contributed by atoms with Crippen LogP contribution in [0.1, 0.15) is 15.9 Å². The smallest absolute Gasteiger partial charge is 0.438 e. The zero-order valence-corrected chi connectivity index (χ0v) is 11.7. The molecule has 124 valence electrons. The summed E-state index contributed by atoms with van der Waals surface area (Å²) < 4.78 is 54.9. The monoisotopic (exact) mass is 332 g/mol. The van der Waals surface area contributed by atoms with E-state index in [0.717, 1.165) is 6.07 Å². The largest absolute Gasteiger partial charge is 0.490 e. The van der Waals surface area contributed by atoms with Gasteiger partial charge in [-0.2, -0.15) is 13.2 Å². The number of ether oxygens (including phenoxy) is 1. The number of alkyl halides is 3. The average molecular weight is 332 g/mol. The van der Waals surface area contributed by atoms with Crippen molar-refractivity contribution in [3.63, 3.8) is 0 Å². The van der Waals surface area contributed by atoms with Crippen molar-refractivity contribution in [1.82, 2.24) is 10.2 Å². The second-order valence-corrected chi connectivity index (χ2v) is 5.35. The van der Waals surface area contributed by atoms with Gasteiger partial charge in [0.2, 0.25) is 0 Å². The summed E-state index contributed by atoms with van der Waals surface area (Å²) in [6.45, 7) is 0.405. The van der Waals surface area contributed by atoms with Crippen LogP contribution >= 0.6 is 0 Å². The number of nitrogens with one attached hydrogen (secondary N) is 1. The number of carbonyl (C=O) groups is 2. The van der Waals surface area contributed by atoms with E-state index < -0.39 is 36.1 Å². The third-order valence-electron chi connectivity index (χ3n) is 3.91. The number of halogens is 4. The number of hydrogen-bond donors (Lipinski definition) is 1. The number of carbonyl (C=O) groups excluding carboxylic acids is 2. The number of fused-ring (bicyclic) bond motifs is 2. The van der Waals surface area contributed by atoms with Gasteiger partial charge in [0.15, 0.2) is 6.23 Å². The zero-order valence-electron chi connectivity index (χ0n) is 11.7. The summed E-state index contributed by atoms with van der Waals surface area (Å²) in [7, 11) is 0. The first kappa shape index (κ1) is 15.7. The van der Waals surface area contributed by atoms with E-state index in [9.17, 15) is 27.2 Å². The highest BCUT2D eigenvalue weighted by Crippen LogP contribution is 2.28. The van der Waals surface area contributed by atoms with Crippen LogP contribution in [0.2, 0.25) is 0 Å². The molecule has 1 N–H and O–H groups in total. The van der Waals surface area contributed by atoms with Gasteiger partial charge < -0.3 is 9.64 Å². The minimum Gasteiger partial charge on any atom is -0.438 e. The lowest BCUT2D eigenvalue weighted by Crippen LogP contribution is -2.63. The van der Waals surface area contributed by atoms with E-state index in [-0.39, 0.29) is 25.1 Å². The summed E-state index contributed by atoms with van der Waals surface area (Å²) in [6, 6.07) is 2.93. The van der Waals surface area contributed by atoms with E-state index in [1.54, 1.807) is 0 Å². The van der Waals surface area contributed by atoms with Crippen LogP contribution in [-0.2, 0) is 16.0 Å². The maximum absolute atomic E-state index is 13.3. The number of benzene rings is 1. The summed E-state index contributed by atoms with van der Waals surface area (Å²) in [5.74, 6) is -3.36. The van der Waals surface area contributed by atoms with Crippen LogP contribution in [0.4, 0.5) is 17.6 Å². The fourth-order valence-corrected chi connectivity index (χ4v) is 2.87. The lowest BCUT2D eigenvalue weighted by Gasteiger charge is -2.44. The van der Waals surface area contributed by atoms with Gasteiger partial charge in [0.05, 0.1) is 6.04 Å². The Kier molecular flexibility index (Phi) is 3.75. The molecule has 3 rings (SSSR count). The molecule has 0 aromatic heterocycles. The summed E-state index contributed by atoms with van der Waals surface area (Å²) in [4.78, 5) is 24.8. The van der Waals surface area contributed by atoms with Crippen LogP contribution in [0.3, 0.4) is 0 Å². The van der Waals surface area contributed by atoms with E-state index in [4.69, 9.17) is 0 Å². The Labute approximate surface area is 128 Å². The molecule has 0 aliphatic carbocycles. The topological polar surface area (TPSA) is 58.6 Å². The summed E-state index contributed by atoms with van der Waals surface area (Å²) in [5, 5.41) is 2.67. The van der Waals surface area contributed by atoms with Gasteiger partial charge >= 0.3 is 12.1 Å². The molecular formula is C14H12F4N2O3. The predicted molar refractivity (Wildman–Crippen MR) is 68.9 cm³/mol. The summed E-state index contributed by atoms with van der Waals surface area (Å²) >= 11 is 0. The van der Waals surface area contributed by atoms with Gasteiger partial charge in [0, 0.05) is 18.7 Å². The Balaban J connectivity index is 1.87. The Bertz CT molecular complexity index is 662. The molecule has 1 aromatic rings. The molecular weight excluding hydrogens is 320 g/mol. The molecule has 2 aliphatic rings. The molecule has 2 aliphatic heterocycles. The van der Waals surface area contributed by atoms with Crippen LogP contribution < -0.4 is 5.32 Å². The molecule has 0 spiro atoms. The highest BCUT2D eigenvalue weighted by atomic mass is 19.4. The fraction of sp³-hybridized carbons (Fsp3) is 0.429. The zero-order chi connectivity index (χ0) is 16.8. The Morgan fingerprint density at radius 3 is 2.78 bits per heavy atom. The summed E-state index contributed by atoms with van der Waals surface area (Å²) in [5.41, 5.74) is 0.693. The van der Waals surface area contributed by atoms with Gasteiger partial charge in [-0.25, -0.2) is 9.18 Å². The van der Waals surface area contributed by atoms with Crippen molar-refractivity contribution in [2.75, 3.05) is 13.1 Å². The number of hydrogen-bond acceptors (Lipinski definition) is 4. The molecule has 1 fully saturated rings. The number of esters is 1. The first-order valence-electron chi connectivity index (χ1n) is 6.88. The van der Waals surface area contributed by atoms with Crippen molar-refractivity contribution in [3.8, 4) is 0 Å². The number of amides is 1. The first-order chi connectivity index (χ1) is 10.8. The van der Waals surface area contributed by atoms with Crippen molar-refractivity contribution in [2.24, 2.45) is 0 Å². The second-order valence-electron chi connectivity index (χ2n) is 5.35. The highest BCUT2D eigenvalue weighted by Gasteiger charge is 2.46. The summed E-state index contributed by atoms with van der Waals surface area (Å²) in [6.07, 6.45) is -6.20. The molecule has 0 bridgehead atoms. The van der Waals surface area contributed by atoms with Gasteiger partial charge in [-0.3, -0.25) is 10.1 Å². The first-order valence-corrected chi connectivity index (χ1v) is 6.88. The third-order valence-corrected chi connectivity index (χ3v) is 3.91. The number of rotatable bonds is 1. The maximum Gasteiger partial charge on any atom is 0.490 e. The van der Waals surface area contributed by atoms with E-state index in [1.807, 2.05) is 0 Å². The molecule has 1 aromatic carbocycles. The number of piperazine rings is 1. The Morgan fingerprint density at radius 1 is 1.35 bits per heavy atom. The van der Waals surface area contributed by atoms with E-state index in [1.165, 1.54) is 17.0 Å². The van der Waals surface area contributed by atoms with E-state index in [2.05, 4.69) is 10.1 Å². The average Bonchev–Trinajstić information content (AvgIpc) is 2.48. The lowest BCUT2D eigenvalue weighted by molar-refractivity contribution is -0.210. The quantitative estimate of drug-likeness (QED) is 0.621. The molecule has 0 radical (unpaired) electrons. The van der Waals surface area contributed by atoms with Crippen molar-refractivity contribution >= 4 is 11.9 Å². The van der Waals surface area contributed by atoms with Gasteiger partial charge in [-0.05, 0) is 24.1 Å². The molecule has 0 saturated carbocycles. The molecule has 5 nitrogen and oxygen atoms in total. The molecule has 1 saturated heterocycles. The van der Waals surface area contributed by atoms with Crippen molar-refractivity contribution in [1.29, 1.82) is 0 Å². The molecule has 23 heavy (non-hydrogen) atoms. The number of nitrogens with zero attached hydrogens (tertiary/aromatic N) is 1. The third kappa shape index (κ3) is 2.88. The molecule has 1 unspecified atom stereocenters. The van der Waals surface area contributed by atoms with Crippen LogP contribution in [0.15, 0.2) is 18.2 Å². The van der Waals surface area contributed by atoms with Crippen molar-refractivity contribution in [2.45, 2.75) is 24.9 Å². The molecule has 2 heterocycles. The minimum absolute atomic E-state index is 0.169. The molecule has 1 amide bonds. The van der Waals surface area contributed by atoms with Gasteiger partial charge in [-0.1, -0.05) is 6.07 Å². The highest BCUT2D eigenvalue weighted by molar-refractivity contribution is 5.97. The Hall–Kier alpha value is -2.16. The van der Waals surface area contributed by atoms with Gasteiger partial charge in [0.25, 0.3) is 5.91 Å². The van der Waals surface area contributed by atoms with Crippen LogP contribution in [0.25, 0.3) is 0 Å². The minimum atomic E-state index is -5.11. The lowest BCUT2D eigenvalue weighted by atomic mass is 9.91. The van der Waals surface area contributed by atoms with Crippen LogP contribution in [0.5, 0.6) is 0 Å². The van der Waals surface area contributed by atoms with E-state index in [0.29, 0.717) is 5.56 Å². The maximum atomic E-state index is 13.3. The van der Waals surface area contributed by atoms with Crippen LogP contribution in [0, 0.1) is 5.82 Å². The van der Waals surface area contributed by atoms with Crippen LogP contribution in [-0.4, -0.2) is 48.3 Å². The SMILES string of the molecule is O=C1c2cc(F)ccc2C[C@@H]2C(OC(=O)C(F)(F)F)NCCN12. The fourth-order valence-electron chi connectivity index (χ4n) is 2.87.